The molecule has 218 valence electrons. The highest BCUT2D eigenvalue weighted by molar-refractivity contribution is 7.25. The lowest BCUT2D eigenvalue weighted by Gasteiger charge is -2.11. The fraction of sp³-hybridized carbons (Fsp3) is 0. The molecule has 0 N–H and O–H groups in total. The van der Waals surface area contributed by atoms with Crippen molar-refractivity contribution in [2.45, 2.75) is 0 Å². The van der Waals surface area contributed by atoms with Gasteiger partial charge in [-0.25, -0.2) is 4.98 Å². The molecule has 11 aromatic rings. The van der Waals surface area contributed by atoms with E-state index in [1.807, 2.05) is 29.5 Å². The molecule has 0 bridgehead atoms. The predicted octanol–water partition coefficient (Wildman–Crippen LogP) is 11.2. The summed E-state index contributed by atoms with van der Waals surface area (Å²) in [6.07, 6.45) is 0. The average molecular weight is 619 g/mol. The van der Waals surface area contributed by atoms with E-state index in [2.05, 4.69) is 120 Å². The maximum atomic E-state index is 6.62. The van der Waals surface area contributed by atoms with Gasteiger partial charge in [-0.1, -0.05) is 84.9 Å². The van der Waals surface area contributed by atoms with Crippen LogP contribution in [0.2, 0.25) is 0 Å². The molecule has 0 aliphatic carbocycles. The summed E-state index contributed by atoms with van der Waals surface area (Å²) in [6, 6.07) is 46.6. The third-order valence-electron chi connectivity index (χ3n) is 9.41. The van der Waals surface area contributed by atoms with E-state index < -0.39 is 0 Å². The fourth-order valence-electron chi connectivity index (χ4n) is 7.36. The Bertz CT molecular complexity index is 2920. The normalized spacial score (nSPS) is 12.3. The Labute approximate surface area is 271 Å². The zero-order chi connectivity index (χ0) is 30.6. The molecule has 0 saturated carbocycles. The van der Waals surface area contributed by atoms with Crippen LogP contribution < -0.4 is 0 Å². The lowest BCUT2D eigenvalue weighted by Crippen LogP contribution is -2.06. The van der Waals surface area contributed by atoms with Crippen LogP contribution in [-0.2, 0) is 0 Å². The Kier molecular flexibility index (Phi) is 4.93. The first-order valence-electron chi connectivity index (χ1n) is 15.6. The molecule has 4 heterocycles. The summed E-state index contributed by atoms with van der Waals surface area (Å²) in [6.45, 7) is 0. The highest BCUT2D eigenvalue weighted by Crippen LogP contribution is 2.44. The summed E-state index contributed by atoms with van der Waals surface area (Å²) in [4.78, 5) is 15.5. The molecule has 0 unspecified atom stereocenters. The van der Waals surface area contributed by atoms with Crippen LogP contribution in [0.25, 0.3) is 103 Å². The minimum atomic E-state index is 0.583. The predicted molar refractivity (Wildman–Crippen MR) is 194 cm³/mol. The Morgan fingerprint density at radius 2 is 1.11 bits per heavy atom. The largest absolute Gasteiger partial charge is 0.456 e. The summed E-state index contributed by atoms with van der Waals surface area (Å²) in [7, 11) is 0. The second kappa shape index (κ2) is 9.22. The van der Waals surface area contributed by atoms with Crippen LogP contribution in [0.3, 0.4) is 0 Å². The van der Waals surface area contributed by atoms with E-state index in [1.165, 1.54) is 20.2 Å². The third kappa shape index (κ3) is 3.50. The number of nitrogens with zero attached hydrogens (tertiary/aromatic N) is 4. The van der Waals surface area contributed by atoms with Gasteiger partial charge in [0.1, 0.15) is 11.2 Å². The SMILES string of the molecule is c1ccc(-c2nc(-c3ccc4sc5ccccc5c4c3)nc(-n3c4ccc5cccc6oc7cccc8ccc3c(c87)c4c56)n2)cc1. The fourth-order valence-corrected chi connectivity index (χ4v) is 8.44. The molecule has 0 saturated heterocycles. The molecule has 0 aliphatic heterocycles. The molecule has 47 heavy (non-hydrogen) atoms. The Morgan fingerprint density at radius 3 is 1.83 bits per heavy atom. The van der Waals surface area contributed by atoms with E-state index in [0.717, 1.165) is 65.6 Å². The number of rotatable bonds is 3. The summed E-state index contributed by atoms with van der Waals surface area (Å²) < 4.78 is 11.4. The van der Waals surface area contributed by atoms with Crippen molar-refractivity contribution in [1.29, 1.82) is 0 Å². The molecule has 5 nitrogen and oxygen atoms in total. The van der Waals surface area contributed by atoms with Crippen LogP contribution in [0.1, 0.15) is 0 Å². The molecule has 11 rings (SSSR count). The van der Waals surface area contributed by atoms with Crippen molar-refractivity contribution in [2.24, 2.45) is 0 Å². The molecule has 0 aliphatic rings. The maximum Gasteiger partial charge on any atom is 0.238 e. The molecule has 0 fully saturated rings. The lowest BCUT2D eigenvalue weighted by molar-refractivity contribution is 0.664. The minimum Gasteiger partial charge on any atom is -0.456 e. The van der Waals surface area contributed by atoms with Crippen molar-refractivity contribution in [3.63, 3.8) is 0 Å². The van der Waals surface area contributed by atoms with Gasteiger partial charge < -0.3 is 4.42 Å². The second-order valence-corrected chi connectivity index (χ2v) is 13.1. The molecule has 4 aromatic heterocycles. The zero-order valence-corrected chi connectivity index (χ0v) is 25.6. The molecule has 0 atom stereocenters. The van der Waals surface area contributed by atoms with Crippen LogP contribution in [0.4, 0.5) is 0 Å². The highest BCUT2D eigenvalue weighted by atomic mass is 32.1. The van der Waals surface area contributed by atoms with Crippen molar-refractivity contribution in [2.75, 3.05) is 0 Å². The van der Waals surface area contributed by atoms with Crippen molar-refractivity contribution in [1.82, 2.24) is 19.5 Å². The quantitative estimate of drug-likeness (QED) is 0.198. The van der Waals surface area contributed by atoms with Crippen molar-refractivity contribution in [3.8, 4) is 28.7 Å². The van der Waals surface area contributed by atoms with Gasteiger partial charge in [0.05, 0.1) is 11.0 Å². The number of fused-ring (bicyclic) bond motifs is 3. The van der Waals surface area contributed by atoms with Crippen LogP contribution in [0, 0.1) is 0 Å². The van der Waals surface area contributed by atoms with Crippen molar-refractivity contribution >= 4 is 86.0 Å². The van der Waals surface area contributed by atoms with Crippen LogP contribution >= 0.6 is 11.3 Å². The first-order valence-corrected chi connectivity index (χ1v) is 16.4. The van der Waals surface area contributed by atoms with E-state index in [0.29, 0.717) is 17.6 Å². The van der Waals surface area contributed by atoms with E-state index in [1.54, 1.807) is 0 Å². The van der Waals surface area contributed by atoms with Gasteiger partial charge in [0.2, 0.25) is 5.95 Å². The standard InChI is InChI=1S/C41H22N4OS/c1-2-8-25(9-3-1)39-42-40(26-18-21-34-28(22-26)27-12-4-5-15-33(27)47-34)44-41(43-39)45-29-19-16-23-10-6-13-31-35(23)37(29)38-30(45)20-17-24-11-7-14-32(46-31)36(24)38/h1-22H. The minimum absolute atomic E-state index is 0.583. The van der Waals surface area contributed by atoms with E-state index in [-0.39, 0.29) is 0 Å². The molecule has 7 aromatic carbocycles. The summed E-state index contributed by atoms with van der Waals surface area (Å²) in [5.74, 6) is 1.85. The number of hydrogen-bond donors (Lipinski definition) is 0. The molecule has 6 heteroatoms. The van der Waals surface area contributed by atoms with Gasteiger partial charge >= 0.3 is 0 Å². The van der Waals surface area contributed by atoms with Gasteiger partial charge in [-0.2, -0.15) is 9.97 Å². The van der Waals surface area contributed by atoms with Gasteiger partial charge in [0.15, 0.2) is 11.6 Å². The summed E-state index contributed by atoms with van der Waals surface area (Å²) in [5, 5.41) is 9.23. The molecule has 0 amide bonds. The summed E-state index contributed by atoms with van der Waals surface area (Å²) in [5.41, 5.74) is 5.67. The van der Waals surface area contributed by atoms with E-state index in [9.17, 15) is 0 Å². The van der Waals surface area contributed by atoms with Crippen LogP contribution in [0.5, 0.6) is 0 Å². The number of benzene rings is 7. The maximum absolute atomic E-state index is 6.62. The van der Waals surface area contributed by atoms with Gasteiger partial charge in [-0.05, 0) is 59.3 Å². The van der Waals surface area contributed by atoms with E-state index >= 15 is 0 Å². The molecular formula is C41H22N4OS. The monoisotopic (exact) mass is 618 g/mol. The highest BCUT2D eigenvalue weighted by Gasteiger charge is 2.23. The number of aromatic nitrogens is 4. The first-order chi connectivity index (χ1) is 23.3. The molecular weight excluding hydrogens is 597 g/mol. The number of hydrogen-bond acceptors (Lipinski definition) is 5. The zero-order valence-electron chi connectivity index (χ0n) is 24.8. The van der Waals surface area contributed by atoms with Crippen LogP contribution in [0.15, 0.2) is 138 Å². The molecule has 0 radical (unpaired) electrons. The van der Waals surface area contributed by atoms with E-state index in [4.69, 9.17) is 19.4 Å². The lowest BCUT2D eigenvalue weighted by atomic mass is 10.00. The van der Waals surface area contributed by atoms with Crippen molar-refractivity contribution in [3.05, 3.63) is 133 Å². The Hall–Kier alpha value is -6.11. The average Bonchev–Trinajstić information content (AvgIpc) is 3.62. The Balaban J connectivity index is 1.27. The first kappa shape index (κ1) is 25.1. The second-order valence-electron chi connectivity index (χ2n) is 12.0. The van der Waals surface area contributed by atoms with Crippen LogP contribution in [-0.4, -0.2) is 19.5 Å². The Morgan fingerprint density at radius 1 is 0.468 bits per heavy atom. The van der Waals surface area contributed by atoms with Crippen molar-refractivity contribution < 1.29 is 4.42 Å². The number of thiophene rings is 1. The third-order valence-corrected chi connectivity index (χ3v) is 10.6. The van der Waals surface area contributed by atoms with Gasteiger partial charge in [0.25, 0.3) is 0 Å². The van der Waals surface area contributed by atoms with Gasteiger partial charge in [-0.15, -0.1) is 11.3 Å². The topological polar surface area (TPSA) is 56.7 Å². The molecule has 0 spiro atoms. The summed E-state index contributed by atoms with van der Waals surface area (Å²) >= 11 is 1.81. The van der Waals surface area contributed by atoms with Gasteiger partial charge in [-0.3, -0.25) is 4.57 Å². The smallest absolute Gasteiger partial charge is 0.238 e. The van der Waals surface area contributed by atoms with Gasteiger partial charge in [0, 0.05) is 52.8 Å².